The van der Waals surface area contributed by atoms with Gasteiger partial charge in [0.1, 0.15) is 6.17 Å². The number of rotatable bonds is 0. The lowest BCUT2D eigenvalue weighted by Crippen LogP contribution is -2.48. The SMILES string of the molecule is CC1=CC2NC(C)=CC(=O)N2C=C1. The van der Waals surface area contributed by atoms with Crippen LogP contribution in [0.2, 0.25) is 0 Å². The molecule has 2 aliphatic heterocycles. The lowest BCUT2D eigenvalue weighted by Gasteiger charge is -2.33. The molecule has 0 saturated carbocycles. The Morgan fingerprint density at radius 3 is 3.00 bits per heavy atom. The summed E-state index contributed by atoms with van der Waals surface area (Å²) in [5.41, 5.74) is 2.10. The van der Waals surface area contributed by atoms with Crippen LogP contribution in [0.1, 0.15) is 13.8 Å². The zero-order valence-electron chi connectivity index (χ0n) is 7.74. The predicted octanol–water partition coefficient (Wildman–Crippen LogP) is 1.12. The number of hydrogen-bond acceptors (Lipinski definition) is 2. The van der Waals surface area contributed by atoms with Crippen LogP contribution in [-0.4, -0.2) is 17.0 Å². The van der Waals surface area contributed by atoms with E-state index >= 15 is 0 Å². The second-order valence-electron chi connectivity index (χ2n) is 3.39. The first kappa shape index (κ1) is 8.10. The van der Waals surface area contributed by atoms with Crippen molar-refractivity contribution in [3.63, 3.8) is 0 Å². The van der Waals surface area contributed by atoms with Gasteiger partial charge in [-0.1, -0.05) is 0 Å². The monoisotopic (exact) mass is 176 g/mol. The molecule has 1 unspecified atom stereocenters. The standard InChI is InChI=1S/C10H12N2O/c1-7-3-4-12-9(5-7)11-8(2)6-10(12)13/h3-6,9,11H,1-2H3. The summed E-state index contributed by atoms with van der Waals surface area (Å²) in [4.78, 5) is 13.2. The van der Waals surface area contributed by atoms with Gasteiger partial charge in [-0.25, -0.2) is 0 Å². The summed E-state index contributed by atoms with van der Waals surface area (Å²) in [6, 6.07) is 0. The first-order valence-electron chi connectivity index (χ1n) is 4.30. The molecule has 0 aromatic heterocycles. The molecule has 0 aromatic carbocycles. The maximum absolute atomic E-state index is 11.5. The Bertz CT molecular complexity index is 339. The summed E-state index contributed by atoms with van der Waals surface area (Å²) in [5, 5.41) is 3.22. The third-order valence-electron chi connectivity index (χ3n) is 2.19. The zero-order valence-corrected chi connectivity index (χ0v) is 7.74. The lowest BCUT2D eigenvalue weighted by molar-refractivity contribution is -0.125. The normalized spacial score (nSPS) is 26.2. The molecule has 0 aliphatic carbocycles. The first-order valence-corrected chi connectivity index (χ1v) is 4.30. The van der Waals surface area contributed by atoms with Crippen molar-refractivity contribution in [2.45, 2.75) is 20.0 Å². The highest BCUT2D eigenvalue weighted by atomic mass is 16.2. The number of allylic oxidation sites excluding steroid dienone is 3. The van der Waals surface area contributed by atoms with Crippen LogP contribution in [0.3, 0.4) is 0 Å². The van der Waals surface area contributed by atoms with Crippen molar-refractivity contribution < 1.29 is 4.79 Å². The second-order valence-corrected chi connectivity index (χ2v) is 3.39. The smallest absolute Gasteiger partial charge is 0.254 e. The van der Waals surface area contributed by atoms with Gasteiger partial charge in [-0.05, 0) is 31.6 Å². The van der Waals surface area contributed by atoms with Crippen LogP contribution in [0.25, 0.3) is 0 Å². The minimum absolute atomic E-state index is 0.00231. The van der Waals surface area contributed by atoms with E-state index in [1.165, 1.54) is 5.57 Å². The fourth-order valence-corrected chi connectivity index (χ4v) is 1.53. The van der Waals surface area contributed by atoms with Crippen LogP contribution >= 0.6 is 0 Å². The molecule has 1 N–H and O–H groups in total. The molecule has 1 amide bonds. The van der Waals surface area contributed by atoms with Gasteiger partial charge >= 0.3 is 0 Å². The Labute approximate surface area is 77.4 Å². The van der Waals surface area contributed by atoms with E-state index < -0.39 is 0 Å². The van der Waals surface area contributed by atoms with Crippen LogP contribution < -0.4 is 5.32 Å². The Hall–Kier alpha value is -1.51. The van der Waals surface area contributed by atoms with E-state index in [4.69, 9.17) is 0 Å². The van der Waals surface area contributed by atoms with E-state index in [2.05, 4.69) is 5.32 Å². The van der Waals surface area contributed by atoms with Gasteiger partial charge < -0.3 is 5.32 Å². The highest BCUT2D eigenvalue weighted by molar-refractivity contribution is 5.90. The molecule has 0 saturated heterocycles. The highest BCUT2D eigenvalue weighted by Gasteiger charge is 2.24. The number of fused-ring (bicyclic) bond motifs is 1. The third-order valence-corrected chi connectivity index (χ3v) is 2.19. The summed E-state index contributed by atoms with van der Waals surface area (Å²) in [6.45, 7) is 3.92. The molecule has 13 heavy (non-hydrogen) atoms. The molecule has 2 aliphatic rings. The van der Waals surface area contributed by atoms with Gasteiger partial charge in [0.2, 0.25) is 0 Å². The van der Waals surface area contributed by atoms with E-state index in [1.54, 1.807) is 11.0 Å². The third kappa shape index (κ3) is 1.37. The minimum Gasteiger partial charge on any atom is -0.365 e. The Morgan fingerprint density at radius 1 is 1.46 bits per heavy atom. The fourth-order valence-electron chi connectivity index (χ4n) is 1.53. The van der Waals surface area contributed by atoms with Crippen LogP contribution in [-0.2, 0) is 4.79 Å². The molecule has 0 radical (unpaired) electrons. The molecule has 0 spiro atoms. The van der Waals surface area contributed by atoms with Crippen molar-refractivity contribution in [3.05, 3.63) is 35.7 Å². The number of amides is 1. The largest absolute Gasteiger partial charge is 0.365 e. The van der Waals surface area contributed by atoms with Crippen LogP contribution in [0, 0.1) is 0 Å². The lowest BCUT2D eigenvalue weighted by atomic mass is 10.1. The van der Waals surface area contributed by atoms with Crippen molar-refractivity contribution in [2.24, 2.45) is 0 Å². The van der Waals surface area contributed by atoms with Gasteiger partial charge in [0.05, 0.1) is 0 Å². The van der Waals surface area contributed by atoms with Crippen molar-refractivity contribution >= 4 is 5.91 Å². The van der Waals surface area contributed by atoms with Crippen molar-refractivity contribution in [2.75, 3.05) is 0 Å². The van der Waals surface area contributed by atoms with E-state index in [0.717, 1.165) is 5.70 Å². The number of carbonyl (C=O) groups excluding carboxylic acids is 1. The van der Waals surface area contributed by atoms with Crippen LogP contribution in [0.5, 0.6) is 0 Å². The highest BCUT2D eigenvalue weighted by Crippen LogP contribution is 2.16. The average Bonchev–Trinajstić information content (AvgIpc) is 2.02. The molecule has 1 atom stereocenters. The molecule has 2 heterocycles. The summed E-state index contributed by atoms with van der Waals surface area (Å²) in [5.74, 6) is 0.0428. The maximum atomic E-state index is 11.5. The second kappa shape index (κ2) is 2.76. The number of hydrogen-bond donors (Lipinski definition) is 1. The average molecular weight is 176 g/mol. The Balaban J connectivity index is 2.33. The van der Waals surface area contributed by atoms with Crippen LogP contribution in [0.15, 0.2) is 35.7 Å². The summed E-state index contributed by atoms with van der Waals surface area (Å²) in [7, 11) is 0. The minimum atomic E-state index is 0.00231. The van der Waals surface area contributed by atoms with Crippen LogP contribution in [0.4, 0.5) is 0 Å². The van der Waals surface area contributed by atoms with Gasteiger partial charge in [0.15, 0.2) is 0 Å². The predicted molar refractivity (Wildman–Crippen MR) is 50.4 cm³/mol. The first-order chi connectivity index (χ1) is 6.16. The summed E-state index contributed by atoms with van der Waals surface area (Å²) < 4.78 is 0. The number of nitrogens with zero attached hydrogens (tertiary/aromatic N) is 1. The molecule has 0 aromatic rings. The Kier molecular flexibility index (Phi) is 1.72. The van der Waals surface area contributed by atoms with Crippen molar-refractivity contribution in [1.82, 2.24) is 10.2 Å². The summed E-state index contributed by atoms with van der Waals surface area (Å²) in [6.07, 6.45) is 7.40. The molecule has 3 heteroatoms. The summed E-state index contributed by atoms with van der Waals surface area (Å²) >= 11 is 0. The van der Waals surface area contributed by atoms with Gasteiger partial charge in [0.25, 0.3) is 5.91 Å². The number of carbonyl (C=O) groups is 1. The molecule has 2 rings (SSSR count). The van der Waals surface area contributed by atoms with E-state index in [0.29, 0.717) is 0 Å². The molecule has 3 nitrogen and oxygen atoms in total. The van der Waals surface area contributed by atoms with Gasteiger partial charge in [-0.3, -0.25) is 9.69 Å². The quantitative estimate of drug-likeness (QED) is 0.600. The Morgan fingerprint density at radius 2 is 2.23 bits per heavy atom. The number of nitrogens with one attached hydrogen (secondary N) is 1. The fraction of sp³-hybridized carbons (Fsp3) is 0.300. The van der Waals surface area contributed by atoms with Crippen molar-refractivity contribution in [3.8, 4) is 0 Å². The molecule has 0 fully saturated rings. The molecule has 68 valence electrons. The van der Waals surface area contributed by atoms with Gasteiger partial charge in [-0.15, -0.1) is 0 Å². The topological polar surface area (TPSA) is 32.3 Å². The molecule has 0 bridgehead atoms. The zero-order chi connectivity index (χ0) is 9.42. The van der Waals surface area contributed by atoms with Gasteiger partial charge in [0, 0.05) is 18.0 Å². The van der Waals surface area contributed by atoms with E-state index in [-0.39, 0.29) is 12.1 Å². The van der Waals surface area contributed by atoms with E-state index in [1.807, 2.05) is 32.2 Å². The molecular formula is C10H12N2O. The maximum Gasteiger partial charge on any atom is 0.254 e. The van der Waals surface area contributed by atoms with Crippen molar-refractivity contribution in [1.29, 1.82) is 0 Å². The van der Waals surface area contributed by atoms with E-state index in [9.17, 15) is 4.79 Å². The molecular weight excluding hydrogens is 164 g/mol. The van der Waals surface area contributed by atoms with Gasteiger partial charge in [-0.2, -0.15) is 0 Å².